The maximum Gasteiger partial charge on any atom is 0.328 e. The Kier molecular flexibility index (Phi) is 6.22. The highest BCUT2D eigenvalue weighted by Gasteiger charge is 2.16. The second-order valence-electron chi connectivity index (χ2n) is 4.16. The molecule has 1 rings (SSSR count). The number of aryl methyl sites for hydroxylation is 1. The van der Waals surface area contributed by atoms with E-state index in [9.17, 15) is 4.79 Å². The highest BCUT2D eigenvalue weighted by molar-refractivity contribution is 5.79. The Labute approximate surface area is 108 Å². The predicted octanol–water partition coefficient (Wildman–Crippen LogP) is 1.97. The summed E-state index contributed by atoms with van der Waals surface area (Å²) in [7, 11) is 1.39. The fourth-order valence-corrected chi connectivity index (χ4v) is 1.77. The summed E-state index contributed by atoms with van der Waals surface area (Å²) in [4.78, 5) is 11.5. The molecular weight excluding hydrogens is 230 g/mol. The molecule has 4 nitrogen and oxygen atoms in total. The van der Waals surface area contributed by atoms with Gasteiger partial charge in [0, 0.05) is 12.3 Å². The zero-order valence-electron chi connectivity index (χ0n) is 11.0. The zero-order chi connectivity index (χ0) is 13.4. The standard InChI is InChI=1S/C14H21NO3/c1-3-13(14(17)18-2)15-12-8-4-6-11(10-12)7-5-9-16/h4,6,8,10,13,15-16H,3,5,7,9H2,1-2H3. The Balaban J connectivity index is 2.68. The second-order valence-corrected chi connectivity index (χ2v) is 4.16. The van der Waals surface area contributed by atoms with Crippen LogP contribution in [0.3, 0.4) is 0 Å². The number of hydrogen-bond donors (Lipinski definition) is 2. The summed E-state index contributed by atoms with van der Waals surface area (Å²) in [6.45, 7) is 2.13. The minimum Gasteiger partial charge on any atom is -0.467 e. The average Bonchev–Trinajstić information content (AvgIpc) is 2.42. The number of carbonyl (C=O) groups is 1. The van der Waals surface area contributed by atoms with Gasteiger partial charge in [0.2, 0.25) is 0 Å². The molecule has 1 aromatic carbocycles. The van der Waals surface area contributed by atoms with Crippen molar-refractivity contribution in [3.05, 3.63) is 29.8 Å². The summed E-state index contributed by atoms with van der Waals surface area (Å²) >= 11 is 0. The van der Waals surface area contributed by atoms with Crippen LogP contribution in [-0.4, -0.2) is 30.8 Å². The largest absolute Gasteiger partial charge is 0.467 e. The lowest BCUT2D eigenvalue weighted by molar-refractivity contribution is -0.141. The van der Waals surface area contributed by atoms with E-state index in [-0.39, 0.29) is 18.6 Å². The fraction of sp³-hybridized carbons (Fsp3) is 0.500. The van der Waals surface area contributed by atoms with Crippen LogP contribution in [0.2, 0.25) is 0 Å². The van der Waals surface area contributed by atoms with Crippen LogP contribution in [-0.2, 0) is 16.0 Å². The maximum absolute atomic E-state index is 11.5. The molecule has 0 aliphatic rings. The van der Waals surface area contributed by atoms with Crippen molar-refractivity contribution in [2.75, 3.05) is 19.0 Å². The number of esters is 1. The Morgan fingerprint density at radius 1 is 1.50 bits per heavy atom. The number of rotatable bonds is 7. The van der Waals surface area contributed by atoms with E-state index in [1.807, 2.05) is 31.2 Å². The highest BCUT2D eigenvalue weighted by atomic mass is 16.5. The Morgan fingerprint density at radius 2 is 2.28 bits per heavy atom. The summed E-state index contributed by atoms with van der Waals surface area (Å²) in [6, 6.07) is 7.57. The number of aliphatic hydroxyl groups is 1. The first-order valence-corrected chi connectivity index (χ1v) is 6.25. The first kappa shape index (κ1) is 14.5. The van der Waals surface area contributed by atoms with Gasteiger partial charge in [-0.3, -0.25) is 0 Å². The van der Waals surface area contributed by atoms with Crippen molar-refractivity contribution in [3.8, 4) is 0 Å². The van der Waals surface area contributed by atoms with Crippen molar-refractivity contribution < 1.29 is 14.6 Å². The summed E-state index contributed by atoms with van der Waals surface area (Å²) < 4.78 is 4.74. The van der Waals surface area contributed by atoms with Crippen LogP contribution >= 0.6 is 0 Å². The van der Waals surface area contributed by atoms with Gasteiger partial charge in [-0.15, -0.1) is 0 Å². The smallest absolute Gasteiger partial charge is 0.328 e. The van der Waals surface area contributed by atoms with E-state index >= 15 is 0 Å². The van der Waals surface area contributed by atoms with Gasteiger partial charge in [0.25, 0.3) is 0 Å². The second kappa shape index (κ2) is 7.71. The molecule has 0 amide bonds. The monoisotopic (exact) mass is 251 g/mol. The highest BCUT2D eigenvalue weighted by Crippen LogP contribution is 2.14. The number of methoxy groups -OCH3 is 1. The van der Waals surface area contributed by atoms with Crippen LogP contribution in [0.4, 0.5) is 5.69 Å². The lowest BCUT2D eigenvalue weighted by atomic mass is 10.1. The Bertz CT molecular complexity index is 379. The van der Waals surface area contributed by atoms with Gasteiger partial charge in [0.1, 0.15) is 6.04 Å². The molecule has 0 fully saturated rings. The van der Waals surface area contributed by atoms with E-state index in [2.05, 4.69) is 5.32 Å². The SMILES string of the molecule is CCC(Nc1cccc(CCCO)c1)C(=O)OC. The molecule has 4 heteroatoms. The average molecular weight is 251 g/mol. The van der Waals surface area contributed by atoms with Crippen LogP contribution < -0.4 is 5.32 Å². The third kappa shape index (κ3) is 4.37. The molecule has 1 aromatic rings. The third-order valence-corrected chi connectivity index (χ3v) is 2.79. The van der Waals surface area contributed by atoms with Gasteiger partial charge >= 0.3 is 5.97 Å². The molecule has 1 atom stereocenters. The maximum atomic E-state index is 11.5. The number of hydrogen-bond acceptors (Lipinski definition) is 4. The van der Waals surface area contributed by atoms with Gasteiger partial charge < -0.3 is 15.2 Å². The molecule has 100 valence electrons. The number of benzene rings is 1. The topological polar surface area (TPSA) is 58.6 Å². The van der Waals surface area contributed by atoms with E-state index in [1.54, 1.807) is 0 Å². The molecule has 2 N–H and O–H groups in total. The van der Waals surface area contributed by atoms with Gasteiger partial charge in [-0.25, -0.2) is 4.79 Å². The summed E-state index contributed by atoms with van der Waals surface area (Å²) in [5, 5.41) is 12.0. The first-order chi connectivity index (χ1) is 8.71. The van der Waals surface area contributed by atoms with Gasteiger partial charge in [0.05, 0.1) is 7.11 Å². The number of nitrogens with one attached hydrogen (secondary N) is 1. The van der Waals surface area contributed by atoms with Crippen molar-refractivity contribution in [2.24, 2.45) is 0 Å². The van der Waals surface area contributed by atoms with Gasteiger partial charge in [-0.2, -0.15) is 0 Å². The summed E-state index contributed by atoms with van der Waals surface area (Å²) in [5.74, 6) is -0.252. The fourth-order valence-electron chi connectivity index (χ4n) is 1.77. The van der Waals surface area contributed by atoms with Crippen LogP contribution in [0.1, 0.15) is 25.3 Å². The van der Waals surface area contributed by atoms with Crippen LogP contribution in [0.15, 0.2) is 24.3 Å². The van der Waals surface area contributed by atoms with E-state index in [0.29, 0.717) is 6.42 Å². The van der Waals surface area contributed by atoms with Gasteiger partial charge in [-0.05, 0) is 37.0 Å². The molecule has 0 aliphatic heterocycles. The predicted molar refractivity (Wildman–Crippen MR) is 71.6 cm³/mol. The van der Waals surface area contributed by atoms with Crippen molar-refractivity contribution in [1.82, 2.24) is 0 Å². The lowest BCUT2D eigenvalue weighted by Gasteiger charge is -2.16. The van der Waals surface area contributed by atoms with Crippen molar-refractivity contribution in [2.45, 2.75) is 32.2 Å². The lowest BCUT2D eigenvalue weighted by Crippen LogP contribution is -2.29. The first-order valence-electron chi connectivity index (χ1n) is 6.25. The summed E-state index contributed by atoms with van der Waals surface area (Å²) in [6.07, 6.45) is 2.26. The molecule has 0 saturated carbocycles. The normalized spacial score (nSPS) is 11.9. The molecule has 0 saturated heterocycles. The molecule has 0 aromatic heterocycles. The molecule has 0 bridgehead atoms. The van der Waals surface area contributed by atoms with E-state index in [0.717, 1.165) is 24.1 Å². The minimum absolute atomic E-state index is 0.192. The third-order valence-electron chi connectivity index (χ3n) is 2.79. The molecule has 0 heterocycles. The number of anilines is 1. The van der Waals surface area contributed by atoms with Crippen molar-refractivity contribution in [1.29, 1.82) is 0 Å². The number of aliphatic hydroxyl groups excluding tert-OH is 1. The number of ether oxygens (including phenoxy) is 1. The molecule has 0 aliphatic carbocycles. The van der Waals surface area contributed by atoms with Crippen molar-refractivity contribution >= 4 is 11.7 Å². The van der Waals surface area contributed by atoms with Crippen molar-refractivity contribution in [3.63, 3.8) is 0 Å². The Hall–Kier alpha value is -1.55. The van der Waals surface area contributed by atoms with Crippen LogP contribution in [0.5, 0.6) is 0 Å². The molecule has 0 radical (unpaired) electrons. The van der Waals surface area contributed by atoms with E-state index in [4.69, 9.17) is 9.84 Å². The van der Waals surface area contributed by atoms with E-state index in [1.165, 1.54) is 7.11 Å². The summed E-state index contributed by atoms with van der Waals surface area (Å²) in [5.41, 5.74) is 2.05. The molecule has 1 unspecified atom stereocenters. The van der Waals surface area contributed by atoms with Crippen LogP contribution in [0, 0.1) is 0 Å². The minimum atomic E-state index is -0.317. The van der Waals surface area contributed by atoms with Crippen LogP contribution in [0.25, 0.3) is 0 Å². The van der Waals surface area contributed by atoms with Gasteiger partial charge in [0.15, 0.2) is 0 Å². The molecular formula is C14H21NO3. The quantitative estimate of drug-likeness (QED) is 0.727. The van der Waals surface area contributed by atoms with E-state index < -0.39 is 0 Å². The molecule has 18 heavy (non-hydrogen) atoms. The number of carbonyl (C=O) groups excluding carboxylic acids is 1. The van der Waals surface area contributed by atoms with Gasteiger partial charge in [-0.1, -0.05) is 19.1 Å². The molecule has 0 spiro atoms. The Morgan fingerprint density at radius 3 is 2.89 bits per heavy atom. The zero-order valence-corrected chi connectivity index (χ0v) is 11.0.